The zero-order chi connectivity index (χ0) is 35.9. The number of rotatable bonds is 38. The van der Waals surface area contributed by atoms with E-state index >= 15 is 0 Å². The molecule has 0 bridgehead atoms. The van der Waals surface area contributed by atoms with Crippen LogP contribution in [0, 0.1) is 0 Å². The van der Waals surface area contributed by atoms with E-state index in [0.717, 1.165) is 25.7 Å². The Hall–Kier alpha value is -1.43. The maximum Gasteiger partial charge on any atom is 0.222 e. The maximum atomic E-state index is 12.4. The summed E-state index contributed by atoms with van der Waals surface area (Å²) in [6.45, 7) is 4.18. The van der Waals surface area contributed by atoms with Gasteiger partial charge in [0.25, 0.3) is 0 Å². The number of aliphatic hydroxyl groups is 3. The average Bonchev–Trinajstić information content (AvgIpc) is 3.09. The molecule has 0 aromatic carbocycles. The summed E-state index contributed by atoms with van der Waals surface area (Å²) >= 11 is 0. The molecule has 5 heteroatoms. The van der Waals surface area contributed by atoms with Gasteiger partial charge in [0, 0.05) is 0 Å². The molecule has 0 rings (SSSR count). The van der Waals surface area contributed by atoms with Crippen molar-refractivity contribution in [1.29, 1.82) is 0 Å². The van der Waals surface area contributed by atoms with Crippen molar-refractivity contribution in [2.75, 3.05) is 6.61 Å². The summed E-state index contributed by atoms with van der Waals surface area (Å²) in [6, 6.07) is -0.745. The highest BCUT2D eigenvalue weighted by Gasteiger charge is 2.20. The molecule has 0 saturated carbocycles. The third kappa shape index (κ3) is 36.2. The predicted octanol–water partition coefficient (Wildman–Crippen LogP) is 12.0. The highest BCUT2D eigenvalue weighted by molar-refractivity contribution is 5.76. The Bertz CT molecular complexity index is 764. The van der Waals surface area contributed by atoms with Crippen molar-refractivity contribution in [3.8, 4) is 0 Å². The fourth-order valence-corrected chi connectivity index (χ4v) is 6.39. The first-order valence-corrected chi connectivity index (χ1v) is 21.3. The molecule has 5 nitrogen and oxygen atoms in total. The van der Waals surface area contributed by atoms with Crippen LogP contribution in [-0.4, -0.2) is 46.1 Å². The summed E-state index contributed by atoms with van der Waals surface area (Å²) in [5, 5.41) is 33.2. The molecule has 0 spiro atoms. The smallest absolute Gasteiger partial charge is 0.222 e. The lowest BCUT2D eigenvalue weighted by atomic mass is 10.0. The number of hydrogen-bond acceptors (Lipinski definition) is 4. The standard InChI is InChI=1S/C44H83NO4/c1-3-5-7-9-11-13-15-17-19-21-23-25-27-29-31-33-35-37-41(47)39-44(49)45-42(40-46)43(48)38-36-34-32-30-28-26-24-22-20-18-16-14-12-10-8-6-4-2/h11,13,15,17,36,38,41-43,46-48H,3-10,12,14,16,18-35,37,39-40H2,1-2H3,(H,45,49)/b13-11-,17-15-,38-36+. The molecule has 0 aromatic rings. The van der Waals surface area contributed by atoms with Gasteiger partial charge in [-0.1, -0.05) is 198 Å². The van der Waals surface area contributed by atoms with Gasteiger partial charge in [-0.25, -0.2) is 0 Å². The van der Waals surface area contributed by atoms with Gasteiger partial charge in [0.05, 0.1) is 31.3 Å². The molecule has 4 N–H and O–H groups in total. The van der Waals surface area contributed by atoms with E-state index in [1.165, 1.54) is 161 Å². The molecule has 0 heterocycles. The Balaban J connectivity index is 3.70. The number of aliphatic hydroxyl groups excluding tert-OH is 3. The number of amides is 1. The summed E-state index contributed by atoms with van der Waals surface area (Å²) in [5.74, 6) is -0.320. The minimum absolute atomic E-state index is 0.00908. The van der Waals surface area contributed by atoms with Crippen molar-refractivity contribution in [3.63, 3.8) is 0 Å². The summed E-state index contributed by atoms with van der Waals surface area (Å²) in [7, 11) is 0. The van der Waals surface area contributed by atoms with Gasteiger partial charge in [-0.2, -0.15) is 0 Å². The highest BCUT2D eigenvalue weighted by Crippen LogP contribution is 2.15. The lowest BCUT2D eigenvalue weighted by Gasteiger charge is -2.21. The summed E-state index contributed by atoms with van der Waals surface area (Å²) in [4.78, 5) is 12.4. The number of hydrogen-bond donors (Lipinski definition) is 4. The second-order valence-corrected chi connectivity index (χ2v) is 14.6. The van der Waals surface area contributed by atoms with E-state index in [2.05, 4.69) is 43.5 Å². The summed E-state index contributed by atoms with van der Waals surface area (Å²) in [5.41, 5.74) is 0. The van der Waals surface area contributed by atoms with Crippen molar-refractivity contribution < 1.29 is 20.1 Å². The summed E-state index contributed by atoms with van der Waals surface area (Å²) < 4.78 is 0. The topological polar surface area (TPSA) is 89.8 Å². The second-order valence-electron chi connectivity index (χ2n) is 14.6. The number of carbonyl (C=O) groups is 1. The first-order valence-electron chi connectivity index (χ1n) is 21.3. The maximum absolute atomic E-state index is 12.4. The average molecular weight is 690 g/mol. The number of carbonyl (C=O) groups excluding carboxylic acids is 1. The van der Waals surface area contributed by atoms with Crippen molar-refractivity contribution in [1.82, 2.24) is 5.32 Å². The summed E-state index contributed by atoms with van der Waals surface area (Å²) in [6.07, 6.45) is 48.4. The molecule has 3 unspecified atom stereocenters. The Labute approximate surface area is 304 Å². The Morgan fingerprint density at radius 1 is 0.531 bits per heavy atom. The number of nitrogens with one attached hydrogen (secondary N) is 1. The van der Waals surface area contributed by atoms with Crippen LogP contribution in [0.2, 0.25) is 0 Å². The number of unbranched alkanes of at least 4 members (excludes halogenated alkanes) is 26. The zero-order valence-corrected chi connectivity index (χ0v) is 32.6. The minimum atomic E-state index is -0.929. The van der Waals surface area contributed by atoms with Crippen molar-refractivity contribution in [2.45, 2.75) is 231 Å². The molecule has 0 aliphatic carbocycles. The van der Waals surface area contributed by atoms with Crippen LogP contribution in [0.3, 0.4) is 0 Å². The van der Waals surface area contributed by atoms with E-state index in [1.54, 1.807) is 6.08 Å². The van der Waals surface area contributed by atoms with E-state index in [9.17, 15) is 20.1 Å². The van der Waals surface area contributed by atoms with E-state index < -0.39 is 18.2 Å². The van der Waals surface area contributed by atoms with Gasteiger partial charge in [-0.05, 0) is 44.9 Å². The minimum Gasteiger partial charge on any atom is -0.394 e. The molecular weight excluding hydrogens is 606 g/mol. The van der Waals surface area contributed by atoms with Crippen molar-refractivity contribution in [2.24, 2.45) is 0 Å². The van der Waals surface area contributed by atoms with Crippen LogP contribution in [0.25, 0.3) is 0 Å². The first kappa shape index (κ1) is 47.6. The molecular formula is C44H83NO4. The quantitative estimate of drug-likeness (QED) is 0.0295. The molecule has 0 saturated heterocycles. The predicted molar refractivity (Wildman–Crippen MR) is 213 cm³/mol. The zero-order valence-electron chi connectivity index (χ0n) is 32.6. The fourth-order valence-electron chi connectivity index (χ4n) is 6.39. The lowest BCUT2D eigenvalue weighted by molar-refractivity contribution is -0.124. The normalized spacial score (nSPS) is 14.0. The highest BCUT2D eigenvalue weighted by atomic mass is 16.3. The largest absolute Gasteiger partial charge is 0.394 e. The van der Waals surface area contributed by atoms with Gasteiger partial charge in [-0.15, -0.1) is 0 Å². The Morgan fingerprint density at radius 2 is 0.898 bits per heavy atom. The molecule has 0 aliphatic rings. The lowest BCUT2D eigenvalue weighted by Crippen LogP contribution is -2.45. The first-order chi connectivity index (χ1) is 24.0. The van der Waals surface area contributed by atoms with E-state index in [1.807, 2.05) is 6.08 Å². The van der Waals surface area contributed by atoms with Gasteiger partial charge in [-0.3, -0.25) is 4.79 Å². The third-order valence-corrected chi connectivity index (χ3v) is 9.70. The molecule has 288 valence electrons. The monoisotopic (exact) mass is 690 g/mol. The SMILES string of the molecule is CCCCC/C=C\C=C/CCCCCCCCCCC(O)CC(=O)NC(CO)C(O)/C=C/CCCCCCCCCCCCCCCCC. The second kappa shape index (κ2) is 39.4. The molecule has 3 atom stereocenters. The van der Waals surface area contributed by atoms with Gasteiger partial charge >= 0.3 is 0 Å². The molecule has 0 aliphatic heterocycles. The molecule has 49 heavy (non-hydrogen) atoms. The molecule has 0 fully saturated rings. The van der Waals surface area contributed by atoms with Gasteiger partial charge < -0.3 is 20.6 Å². The van der Waals surface area contributed by atoms with E-state index in [4.69, 9.17) is 0 Å². The van der Waals surface area contributed by atoms with Crippen LogP contribution in [0.15, 0.2) is 36.5 Å². The van der Waals surface area contributed by atoms with Crippen LogP contribution in [0.1, 0.15) is 213 Å². The molecule has 0 aromatic heterocycles. The van der Waals surface area contributed by atoms with Crippen LogP contribution in [0.4, 0.5) is 0 Å². The van der Waals surface area contributed by atoms with Gasteiger partial charge in [0.2, 0.25) is 5.91 Å². The third-order valence-electron chi connectivity index (χ3n) is 9.70. The Morgan fingerprint density at radius 3 is 1.35 bits per heavy atom. The van der Waals surface area contributed by atoms with E-state index in [0.29, 0.717) is 6.42 Å². The van der Waals surface area contributed by atoms with Crippen molar-refractivity contribution in [3.05, 3.63) is 36.5 Å². The Kier molecular flexibility index (Phi) is 38.2. The molecule has 1 amide bonds. The van der Waals surface area contributed by atoms with Gasteiger partial charge in [0.15, 0.2) is 0 Å². The molecule has 0 radical (unpaired) electrons. The number of allylic oxidation sites excluding steroid dienone is 5. The van der Waals surface area contributed by atoms with Crippen molar-refractivity contribution >= 4 is 5.91 Å². The van der Waals surface area contributed by atoms with E-state index in [-0.39, 0.29) is 18.9 Å². The van der Waals surface area contributed by atoms with Crippen LogP contribution in [-0.2, 0) is 4.79 Å². The van der Waals surface area contributed by atoms with Crippen LogP contribution >= 0.6 is 0 Å². The van der Waals surface area contributed by atoms with Crippen LogP contribution < -0.4 is 5.32 Å². The van der Waals surface area contributed by atoms with Gasteiger partial charge in [0.1, 0.15) is 0 Å². The van der Waals surface area contributed by atoms with Crippen LogP contribution in [0.5, 0.6) is 0 Å². The fraction of sp³-hybridized carbons (Fsp3) is 0.841.